The number of non-ortho nitro benzene ring substituents is 1. The molecule has 24 heavy (non-hydrogen) atoms. The van der Waals surface area contributed by atoms with Gasteiger partial charge in [-0.25, -0.2) is 4.79 Å². The summed E-state index contributed by atoms with van der Waals surface area (Å²) in [4.78, 5) is 21.9. The maximum absolute atomic E-state index is 11.9. The molecule has 1 aromatic rings. The molecule has 2 fully saturated rings. The van der Waals surface area contributed by atoms with Gasteiger partial charge in [-0.3, -0.25) is 10.1 Å². The largest absolute Gasteiger partial charge is 0.514 e. The minimum absolute atomic E-state index is 0.0777. The fraction of sp³-hybridized carbons (Fsp3) is 0.500. The van der Waals surface area contributed by atoms with E-state index in [0.29, 0.717) is 15.2 Å². The third-order valence-corrected chi connectivity index (χ3v) is 5.06. The van der Waals surface area contributed by atoms with Gasteiger partial charge < -0.3 is 24.1 Å². The Bertz CT molecular complexity index is 609. The van der Waals surface area contributed by atoms with Gasteiger partial charge in [0.15, 0.2) is 6.10 Å². The maximum atomic E-state index is 11.9. The van der Waals surface area contributed by atoms with E-state index in [9.17, 15) is 14.9 Å². The smallest absolute Gasteiger partial charge is 0.425 e. The number of rotatable bonds is 5. The standard InChI is InChI=1S/C14H16NO8P/c16-7-24-11-6-21-12-10(5-20-13(11)12)23-14(17)22-9-3-1-8(2-4-9)15(18)19/h1-4,10-13,16,24H,5-7H2. The molecule has 9 nitrogen and oxygen atoms in total. The number of carbonyl (C=O) groups excluding carboxylic acids is 1. The van der Waals surface area contributed by atoms with Gasteiger partial charge in [0.2, 0.25) is 0 Å². The lowest BCUT2D eigenvalue weighted by molar-refractivity contribution is -0.384. The zero-order valence-electron chi connectivity index (χ0n) is 12.5. The van der Waals surface area contributed by atoms with Crippen molar-refractivity contribution in [1.29, 1.82) is 0 Å². The van der Waals surface area contributed by atoms with Crippen molar-refractivity contribution < 1.29 is 33.8 Å². The zero-order chi connectivity index (χ0) is 17.1. The van der Waals surface area contributed by atoms with Gasteiger partial charge >= 0.3 is 6.16 Å². The molecule has 2 aliphatic heterocycles. The van der Waals surface area contributed by atoms with Crippen LogP contribution in [0.3, 0.4) is 0 Å². The number of aliphatic hydroxyl groups excluding tert-OH is 1. The van der Waals surface area contributed by atoms with Crippen molar-refractivity contribution in [3.8, 4) is 5.75 Å². The number of hydrogen-bond acceptors (Lipinski definition) is 8. The number of ether oxygens (including phenoxy) is 4. The van der Waals surface area contributed by atoms with E-state index in [1.54, 1.807) is 0 Å². The summed E-state index contributed by atoms with van der Waals surface area (Å²) >= 11 is 0. The number of nitro benzene ring substituents is 1. The average molecular weight is 357 g/mol. The van der Waals surface area contributed by atoms with Crippen LogP contribution in [-0.4, -0.2) is 59.7 Å². The van der Waals surface area contributed by atoms with Crippen molar-refractivity contribution >= 4 is 20.4 Å². The van der Waals surface area contributed by atoms with Gasteiger partial charge in [-0.2, -0.15) is 0 Å². The molecule has 1 aromatic carbocycles. The van der Waals surface area contributed by atoms with E-state index in [1.807, 2.05) is 0 Å². The predicted molar refractivity (Wildman–Crippen MR) is 82.7 cm³/mol. The first-order valence-corrected chi connectivity index (χ1v) is 8.57. The molecule has 2 heterocycles. The van der Waals surface area contributed by atoms with Gasteiger partial charge in [0.25, 0.3) is 5.69 Å². The van der Waals surface area contributed by atoms with E-state index < -0.39 is 17.2 Å². The first-order valence-electron chi connectivity index (χ1n) is 7.29. The Morgan fingerprint density at radius 3 is 2.67 bits per heavy atom. The van der Waals surface area contributed by atoms with Crippen LogP contribution in [0.5, 0.6) is 5.75 Å². The normalized spacial score (nSPS) is 28.9. The van der Waals surface area contributed by atoms with Gasteiger partial charge in [-0.05, 0) is 12.1 Å². The molecule has 3 rings (SSSR count). The lowest BCUT2D eigenvalue weighted by Gasteiger charge is -2.16. The van der Waals surface area contributed by atoms with Crippen LogP contribution < -0.4 is 4.74 Å². The van der Waals surface area contributed by atoms with Gasteiger partial charge in [0.1, 0.15) is 11.9 Å². The van der Waals surface area contributed by atoms with Crippen molar-refractivity contribution in [2.45, 2.75) is 24.0 Å². The Hall–Kier alpha value is -1.80. The van der Waals surface area contributed by atoms with Crippen LogP contribution in [0.2, 0.25) is 0 Å². The van der Waals surface area contributed by atoms with E-state index in [4.69, 9.17) is 24.1 Å². The minimum atomic E-state index is -0.922. The predicted octanol–water partition coefficient (Wildman–Crippen LogP) is 1.27. The van der Waals surface area contributed by atoms with Crippen LogP contribution in [0.15, 0.2) is 24.3 Å². The highest BCUT2D eigenvalue weighted by Crippen LogP contribution is 2.37. The van der Waals surface area contributed by atoms with Crippen molar-refractivity contribution in [3.63, 3.8) is 0 Å². The van der Waals surface area contributed by atoms with Crippen LogP contribution in [0.4, 0.5) is 10.5 Å². The van der Waals surface area contributed by atoms with Crippen LogP contribution in [0.1, 0.15) is 0 Å². The van der Waals surface area contributed by atoms with Crippen molar-refractivity contribution in [1.82, 2.24) is 0 Å². The molecule has 2 saturated heterocycles. The molecule has 0 aliphatic carbocycles. The Balaban J connectivity index is 1.53. The fourth-order valence-electron chi connectivity index (χ4n) is 2.74. The Labute approximate surface area is 138 Å². The number of aliphatic hydroxyl groups is 1. The molecule has 0 aromatic heterocycles. The highest BCUT2D eigenvalue weighted by atomic mass is 31.1. The molecule has 0 bridgehead atoms. The molecule has 10 heteroatoms. The summed E-state index contributed by atoms with van der Waals surface area (Å²) in [7, 11) is 0.320. The molecule has 130 valence electrons. The molecule has 0 saturated carbocycles. The maximum Gasteiger partial charge on any atom is 0.514 e. The summed E-state index contributed by atoms with van der Waals surface area (Å²) in [6.07, 6.45) is -1.97. The number of benzene rings is 1. The molecule has 0 spiro atoms. The van der Waals surface area contributed by atoms with Gasteiger partial charge in [0.05, 0.1) is 30.6 Å². The van der Waals surface area contributed by atoms with Gasteiger partial charge in [0, 0.05) is 17.8 Å². The molecule has 5 unspecified atom stereocenters. The summed E-state index contributed by atoms with van der Waals surface area (Å²) < 4.78 is 21.5. The molecule has 1 N–H and O–H groups in total. The van der Waals surface area contributed by atoms with Crippen molar-refractivity contribution in [3.05, 3.63) is 34.4 Å². The molecule has 2 aliphatic rings. The number of nitrogens with zero attached hydrogens (tertiary/aromatic N) is 1. The third-order valence-electron chi connectivity index (χ3n) is 3.86. The van der Waals surface area contributed by atoms with E-state index in [-0.39, 0.29) is 42.3 Å². The number of fused-ring (bicyclic) bond motifs is 1. The SMILES string of the molecule is O=C(Oc1ccc([N+](=O)[O-])cc1)OC1COC2C(PCO)COC12. The van der Waals surface area contributed by atoms with Crippen LogP contribution >= 0.6 is 8.58 Å². The van der Waals surface area contributed by atoms with E-state index in [0.717, 1.165) is 0 Å². The van der Waals surface area contributed by atoms with E-state index >= 15 is 0 Å². The lowest BCUT2D eigenvalue weighted by atomic mass is 10.1. The lowest BCUT2D eigenvalue weighted by Crippen LogP contribution is -2.34. The third kappa shape index (κ3) is 3.64. The summed E-state index contributed by atoms with van der Waals surface area (Å²) in [5.41, 5.74) is 0.0113. The fourth-order valence-corrected chi connectivity index (χ4v) is 3.70. The second-order valence-corrected chi connectivity index (χ2v) is 6.79. The average Bonchev–Trinajstić information content (AvgIpc) is 3.12. The van der Waals surface area contributed by atoms with Gasteiger partial charge in [-0.15, -0.1) is 0 Å². The minimum Gasteiger partial charge on any atom is -0.425 e. The second kappa shape index (κ2) is 7.40. The molecular weight excluding hydrogens is 341 g/mol. The first kappa shape index (κ1) is 17.0. The Morgan fingerprint density at radius 1 is 1.29 bits per heavy atom. The highest BCUT2D eigenvalue weighted by Gasteiger charge is 2.49. The summed E-state index contributed by atoms with van der Waals surface area (Å²) in [5, 5.41) is 19.6. The quantitative estimate of drug-likeness (QED) is 0.275. The Morgan fingerprint density at radius 2 is 2.00 bits per heavy atom. The molecule has 0 amide bonds. The van der Waals surface area contributed by atoms with Crippen LogP contribution in [0, 0.1) is 10.1 Å². The van der Waals surface area contributed by atoms with E-state index in [2.05, 4.69) is 0 Å². The highest BCUT2D eigenvalue weighted by molar-refractivity contribution is 7.38. The molecular formula is C14H16NO8P. The van der Waals surface area contributed by atoms with Gasteiger partial charge in [-0.1, -0.05) is 8.58 Å². The second-order valence-electron chi connectivity index (χ2n) is 5.32. The monoisotopic (exact) mass is 357 g/mol. The van der Waals surface area contributed by atoms with Crippen molar-refractivity contribution in [2.75, 3.05) is 19.6 Å². The van der Waals surface area contributed by atoms with Crippen molar-refractivity contribution in [2.24, 2.45) is 0 Å². The summed E-state index contributed by atoms with van der Waals surface area (Å²) in [6, 6.07) is 5.10. The number of hydrogen-bond donors (Lipinski definition) is 1. The van der Waals surface area contributed by atoms with E-state index in [1.165, 1.54) is 24.3 Å². The number of nitro groups is 1. The molecule has 5 atom stereocenters. The number of carbonyl (C=O) groups is 1. The topological polar surface area (TPSA) is 117 Å². The van der Waals surface area contributed by atoms with Crippen LogP contribution in [-0.2, 0) is 14.2 Å². The molecule has 0 radical (unpaired) electrons. The summed E-state index contributed by atoms with van der Waals surface area (Å²) in [6.45, 7) is 0.669. The Kier molecular flexibility index (Phi) is 5.25. The summed E-state index contributed by atoms with van der Waals surface area (Å²) in [5.74, 6) is 0.146. The first-order chi connectivity index (χ1) is 11.6. The zero-order valence-corrected chi connectivity index (χ0v) is 13.5. The van der Waals surface area contributed by atoms with Crippen LogP contribution in [0.25, 0.3) is 0 Å².